The lowest BCUT2D eigenvalue weighted by Crippen LogP contribution is -2.22. The molecule has 3 N–H and O–H groups in total. The van der Waals surface area contributed by atoms with Crippen LogP contribution in [-0.2, 0) is 13.0 Å². The first kappa shape index (κ1) is 20.3. The Labute approximate surface area is 189 Å². The number of fused-ring (bicyclic) bond motifs is 3. The Bertz CT molecular complexity index is 1290. The van der Waals surface area contributed by atoms with Gasteiger partial charge in [-0.05, 0) is 48.9 Å². The highest BCUT2D eigenvalue weighted by Gasteiger charge is 2.20. The predicted octanol–water partition coefficient (Wildman–Crippen LogP) is 3.79. The molecular weight excluding hydrogens is 422 g/mol. The summed E-state index contributed by atoms with van der Waals surface area (Å²) >= 11 is 1.72. The Balaban J connectivity index is 1.49. The van der Waals surface area contributed by atoms with Crippen molar-refractivity contribution in [1.29, 1.82) is 0 Å². The first-order valence-corrected chi connectivity index (χ1v) is 11.2. The van der Waals surface area contributed by atoms with Gasteiger partial charge in [0.05, 0.1) is 16.8 Å². The summed E-state index contributed by atoms with van der Waals surface area (Å²) in [5.41, 5.74) is 4.11. The van der Waals surface area contributed by atoms with E-state index in [1.54, 1.807) is 42.1 Å². The molecule has 0 spiro atoms. The molecule has 32 heavy (non-hydrogen) atoms. The molecule has 1 aliphatic heterocycles. The minimum atomic E-state index is -0.255. The summed E-state index contributed by atoms with van der Waals surface area (Å²) in [5, 5.41) is 11.0. The smallest absolute Gasteiger partial charge is 0.274 e. The van der Waals surface area contributed by atoms with Gasteiger partial charge in [0.15, 0.2) is 0 Å². The number of anilines is 4. The normalized spacial score (nSPS) is 12.9. The lowest BCUT2D eigenvalue weighted by molar-refractivity contribution is 0.102. The largest absolute Gasteiger partial charge is 0.376 e. The van der Waals surface area contributed by atoms with Gasteiger partial charge in [-0.25, -0.2) is 9.97 Å². The second kappa shape index (κ2) is 8.52. The van der Waals surface area contributed by atoms with Crippen LogP contribution >= 0.6 is 11.3 Å². The third kappa shape index (κ3) is 3.88. The van der Waals surface area contributed by atoms with Crippen molar-refractivity contribution in [2.24, 2.45) is 0 Å². The maximum atomic E-state index is 12.7. The molecule has 1 aliphatic rings. The molecule has 3 aromatic heterocycles. The van der Waals surface area contributed by atoms with Crippen LogP contribution in [0.1, 0.15) is 20.9 Å². The van der Waals surface area contributed by atoms with Crippen molar-refractivity contribution in [3.05, 3.63) is 65.1 Å². The fraction of sp³-hybridized carbons (Fsp3) is 0.217. The van der Waals surface area contributed by atoms with E-state index in [1.165, 1.54) is 10.4 Å². The van der Waals surface area contributed by atoms with Crippen LogP contribution in [0.2, 0.25) is 0 Å². The minimum absolute atomic E-state index is 0.255. The molecule has 9 heteroatoms. The fourth-order valence-corrected chi connectivity index (χ4v) is 5.03. The van der Waals surface area contributed by atoms with E-state index in [4.69, 9.17) is 0 Å². The zero-order valence-electron chi connectivity index (χ0n) is 17.8. The third-order valence-electron chi connectivity index (χ3n) is 5.39. The molecule has 0 bridgehead atoms. The zero-order valence-corrected chi connectivity index (χ0v) is 18.7. The lowest BCUT2D eigenvalue weighted by atomic mass is 10.1. The van der Waals surface area contributed by atoms with Gasteiger partial charge in [0.2, 0.25) is 0 Å². The Hall–Kier alpha value is -3.56. The molecule has 0 unspecified atom stereocenters. The molecular formula is C23H23N7OS. The maximum absolute atomic E-state index is 12.7. The number of pyridine rings is 1. The van der Waals surface area contributed by atoms with Crippen LogP contribution in [-0.4, -0.2) is 41.5 Å². The molecule has 0 aliphatic carbocycles. The van der Waals surface area contributed by atoms with Crippen LogP contribution in [0, 0.1) is 0 Å². The second-order valence-corrected chi connectivity index (χ2v) is 8.84. The van der Waals surface area contributed by atoms with E-state index in [0.29, 0.717) is 11.4 Å². The second-order valence-electron chi connectivity index (χ2n) is 7.75. The summed E-state index contributed by atoms with van der Waals surface area (Å²) in [5.74, 6) is 0.531. The van der Waals surface area contributed by atoms with Crippen LogP contribution in [0.5, 0.6) is 0 Å². The van der Waals surface area contributed by atoms with E-state index in [0.717, 1.165) is 46.9 Å². The van der Waals surface area contributed by atoms with Crippen molar-refractivity contribution >= 4 is 50.3 Å². The number of nitrogens with zero attached hydrogens (tertiary/aromatic N) is 4. The summed E-state index contributed by atoms with van der Waals surface area (Å²) < 4.78 is 0. The summed E-state index contributed by atoms with van der Waals surface area (Å²) in [6.07, 6.45) is 4.16. The number of carbonyl (C=O) groups excluding carboxylic acids is 1. The fourth-order valence-electron chi connectivity index (χ4n) is 3.88. The van der Waals surface area contributed by atoms with Crippen LogP contribution in [0.25, 0.3) is 10.2 Å². The van der Waals surface area contributed by atoms with Gasteiger partial charge in [0.1, 0.15) is 22.7 Å². The van der Waals surface area contributed by atoms with Gasteiger partial charge in [-0.1, -0.05) is 6.07 Å². The molecule has 5 rings (SSSR count). The van der Waals surface area contributed by atoms with Gasteiger partial charge in [-0.2, -0.15) is 0 Å². The summed E-state index contributed by atoms with van der Waals surface area (Å²) in [4.78, 5) is 30.2. The Morgan fingerprint density at radius 1 is 1.16 bits per heavy atom. The molecule has 0 saturated heterocycles. The van der Waals surface area contributed by atoms with Crippen LogP contribution < -0.4 is 20.9 Å². The first-order chi connectivity index (χ1) is 15.6. The molecule has 0 saturated carbocycles. The lowest BCUT2D eigenvalue weighted by Gasteiger charge is -2.19. The van der Waals surface area contributed by atoms with Gasteiger partial charge < -0.3 is 20.9 Å². The Morgan fingerprint density at radius 3 is 2.88 bits per heavy atom. The van der Waals surface area contributed by atoms with Crippen molar-refractivity contribution in [2.75, 3.05) is 36.2 Å². The van der Waals surface area contributed by atoms with Crippen LogP contribution in [0.3, 0.4) is 0 Å². The van der Waals surface area contributed by atoms with Gasteiger partial charge in [-0.3, -0.25) is 9.78 Å². The standard InChI is InChI=1S/C23H23N7OS/c1-30(2)18-7-6-14(11-17(18)29-22(31)16-5-3-4-9-25-16)28-21-20-15-8-10-24-12-19(15)32-23(20)27-13-26-21/h3-7,9,11,13,24H,8,10,12H2,1-2H3,(H,29,31)(H,26,27,28). The van der Waals surface area contributed by atoms with E-state index >= 15 is 0 Å². The van der Waals surface area contributed by atoms with Crippen LogP contribution in [0.15, 0.2) is 48.9 Å². The van der Waals surface area contributed by atoms with Crippen molar-refractivity contribution < 1.29 is 4.79 Å². The molecule has 0 atom stereocenters. The number of benzene rings is 1. The Morgan fingerprint density at radius 2 is 2.06 bits per heavy atom. The summed E-state index contributed by atoms with van der Waals surface area (Å²) in [6, 6.07) is 11.2. The Kier molecular flexibility index (Phi) is 5.42. The van der Waals surface area contributed by atoms with E-state index in [2.05, 4.69) is 30.9 Å². The highest BCUT2D eigenvalue weighted by Crippen LogP contribution is 2.37. The molecule has 4 heterocycles. The molecule has 0 radical (unpaired) electrons. The average molecular weight is 446 g/mol. The SMILES string of the molecule is CN(C)c1ccc(Nc2ncnc3sc4c(c23)CCNC4)cc1NC(=O)c1ccccn1. The molecule has 4 aromatic rings. The summed E-state index contributed by atoms with van der Waals surface area (Å²) in [6.45, 7) is 1.82. The number of carbonyl (C=O) groups is 1. The average Bonchev–Trinajstić information content (AvgIpc) is 3.19. The first-order valence-electron chi connectivity index (χ1n) is 10.4. The van der Waals surface area contributed by atoms with Crippen molar-refractivity contribution in [1.82, 2.24) is 20.3 Å². The van der Waals surface area contributed by atoms with Gasteiger partial charge in [0, 0.05) is 37.4 Å². The van der Waals surface area contributed by atoms with E-state index < -0.39 is 0 Å². The summed E-state index contributed by atoms with van der Waals surface area (Å²) in [7, 11) is 3.89. The monoisotopic (exact) mass is 445 g/mol. The van der Waals surface area contributed by atoms with E-state index in [9.17, 15) is 4.79 Å². The quantitative estimate of drug-likeness (QED) is 0.430. The number of thiophene rings is 1. The van der Waals surface area contributed by atoms with E-state index in [1.807, 2.05) is 37.2 Å². The minimum Gasteiger partial charge on any atom is -0.376 e. The molecule has 0 fully saturated rings. The molecule has 1 aromatic carbocycles. The number of rotatable bonds is 5. The molecule has 1 amide bonds. The number of amides is 1. The zero-order chi connectivity index (χ0) is 22.1. The number of nitrogens with one attached hydrogen (secondary N) is 3. The van der Waals surface area contributed by atoms with Crippen LogP contribution in [0.4, 0.5) is 22.9 Å². The predicted molar refractivity (Wildman–Crippen MR) is 129 cm³/mol. The number of aromatic nitrogens is 3. The third-order valence-corrected chi connectivity index (χ3v) is 6.53. The van der Waals surface area contributed by atoms with Gasteiger partial charge in [0.25, 0.3) is 5.91 Å². The number of hydrogen-bond donors (Lipinski definition) is 3. The topological polar surface area (TPSA) is 95.1 Å². The van der Waals surface area contributed by atoms with Crippen molar-refractivity contribution in [3.8, 4) is 0 Å². The maximum Gasteiger partial charge on any atom is 0.274 e. The highest BCUT2D eigenvalue weighted by atomic mass is 32.1. The number of hydrogen-bond acceptors (Lipinski definition) is 8. The van der Waals surface area contributed by atoms with Gasteiger partial charge >= 0.3 is 0 Å². The van der Waals surface area contributed by atoms with Crippen molar-refractivity contribution in [2.45, 2.75) is 13.0 Å². The van der Waals surface area contributed by atoms with Gasteiger partial charge in [-0.15, -0.1) is 11.3 Å². The van der Waals surface area contributed by atoms with E-state index in [-0.39, 0.29) is 5.91 Å². The van der Waals surface area contributed by atoms with Crippen molar-refractivity contribution in [3.63, 3.8) is 0 Å². The molecule has 8 nitrogen and oxygen atoms in total. The highest BCUT2D eigenvalue weighted by molar-refractivity contribution is 7.19. The molecule has 162 valence electrons.